The third-order valence-electron chi connectivity index (χ3n) is 5.39. The first-order valence-electron chi connectivity index (χ1n) is 8.61. The van der Waals surface area contributed by atoms with Crippen molar-refractivity contribution in [2.75, 3.05) is 26.7 Å². The predicted molar refractivity (Wildman–Crippen MR) is 98.5 cm³/mol. The lowest BCUT2D eigenvalue weighted by Crippen LogP contribution is -2.72. The molecule has 1 unspecified atom stereocenters. The highest BCUT2D eigenvalue weighted by Crippen LogP contribution is 2.46. The highest BCUT2D eigenvalue weighted by molar-refractivity contribution is 5.82. The minimum absolute atomic E-state index is 0.0407. The number of hydrogen-bond donors (Lipinski definition) is 2. The van der Waals surface area contributed by atoms with E-state index in [-0.39, 0.29) is 11.0 Å². The second kappa shape index (κ2) is 7.01. The molecule has 1 aromatic rings. The van der Waals surface area contributed by atoms with E-state index in [0.29, 0.717) is 6.54 Å². The van der Waals surface area contributed by atoms with E-state index in [1.165, 1.54) is 0 Å². The second-order valence-electron chi connectivity index (χ2n) is 7.51. The Bertz CT molecular complexity index is 579. The molecule has 1 aromatic carbocycles. The lowest BCUT2D eigenvalue weighted by atomic mass is 9.65. The van der Waals surface area contributed by atoms with E-state index in [9.17, 15) is 5.11 Å². The number of ether oxygens (including phenoxy) is 1. The Balaban J connectivity index is 2.08. The van der Waals surface area contributed by atoms with Gasteiger partial charge in [0.05, 0.1) is 19.8 Å². The van der Waals surface area contributed by atoms with Gasteiger partial charge in [0, 0.05) is 24.0 Å². The molecule has 0 saturated carbocycles. The third kappa shape index (κ3) is 3.51. The van der Waals surface area contributed by atoms with Gasteiger partial charge in [-0.25, -0.2) is 0 Å². The number of hydrogen-bond acceptors (Lipinski definition) is 3. The Morgan fingerprint density at radius 1 is 1.29 bits per heavy atom. The maximum Gasteiger partial charge on any atom is 0.194 e. The first kappa shape index (κ1) is 18.6. The number of aliphatic hydroxyl groups excluding tert-OH is 1. The molecule has 0 amide bonds. The number of benzene rings is 1. The van der Waals surface area contributed by atoms with E-state index >= 15 is 0 Å². The number of guanidine groups is 1. The van der Waals surface area contributed by atoms with E-state index in [2.05, 4.69) is 49.8 Å². The summed E-state index contributed by atoms with van der Waals surface area (Å²) in [5.74, 6) is 1.65. The van der Waals surface area contributed by atoms with E-state index in [4.69, 9.17) is 4.74 Å². The Morgan fingerprint density at radius 3 is 2.38 bits per heavy atom. The van der Waals surface area contributed by atoms with Crippen molar-refractivity contribution < 1.29 is 9.84 Å². The molecule has 1 fully saturated rings. The monoisotopic (exact) mass is 333 g/mol. The summed E-state index contributed by atoms with van der Waals surface area (Å²) < 4.78 is 5.15. The van der Waals surface area contributed by atoms with Gasteiger partial charge in [-0.1, -0.05) is 26.0 Å². The molecule has 2 rings (SSSR count). The van der Waals surface area contributed by atoms with Crippen LogP contribution in [0.4, 0.5) is 0 Å². The molecule has 1 heterocycles. The smallest absolute Gasteiger partial charge is 0.194 e. The molecule has 1 aliphatic heterocycles. The molecule has 1 saturated heterocycles. The van der Waals surface area contributed by atoms with Gasteiger partial charge >= 0.3 is 0 Å². The maximum atomic E-state index is 10.4. The number of methoxy groups -OCH3 is 1. The van der Waals surface area contributed by atoms with Crippen LogP contribution in [0.2, 0.25) is 0 Å². The van der Waals surface area contributed by atoms with Crippen LogP contribution in [0.5, 0.6) is 5.75 Å². The first-order chi connectivity index (χ1) is 11.2. The number of aliphatic hydroxyl groups is 1. The molecule has 134 valence electrons. The molecule has 1 aliphatic rings. The van der Waals surface area contributed by atoms with Gasteiger partial charge in [-0.15, -0.1) is 0 Å². The zero-order chi connectivity index (χ0) is 18.0. The minimum Gasteiger partial charge on any atom is -0.497 e. The van der Waals surface area contributed by atoms with Crippen LogP contribution >= 0.6 is 0 Å². The quantitative estimate of drug-likeness (QED) is 0.643. The predicted octanol–water partition coefficient (Wildman–Crippen LogP) is 2.81. The zero-order valence-corrected chi connectivity index (χ0v) is 15.8. The molecular weight excluding hydrogens is 302 g/mol. The Labute approximate surface area is 145 Å². The molecule has 0 radical (unpaired) electrons. The molecule has 5 nitrogen and oxygen atoms in total. The summed E-state index contributed by atoms with van der Waals surface area (Å²) in [4.78, 5) is 6.95. The average Bonchev–Trinajstić information content (AvgIpc) is 2.56. The standard InChI is InChI=1S/C19H31N3O2/c1-7-20-17(22-13-18(2,3)19(22,4)5)21-12-16(23)14-8-10-15(24-6)11-9-14/h8-11,16,23H,7,12-13H2,1-6H3,(H,20,21). The lowest BCUT2D eigenvalue weighted by molar-refractivity contribution is -0.0668. The van der Waals surface area contributed by atoms with Gasteiger partial charge in [0.2, 0.25) is 0 Å². The van der Waals surface area contributed by atoms with E-state index in [0.717, 1.165) is 30.4 Å². The van der Waals surface area contributed by atoms with E-state index < -0.39 is 6.10 Å². The fourth-order valence-electron chi connectivity index (χ4n) is 2.90. The first-order valence-corrected chi connectivity index (χ1v) is 8.61. The van der Waals surface area contributed by atoms with Crippen LogP contribution in [0.1, 0.15) is 46.3 Å². The van der Waals surface area contributed by atoms with Crippen LogP contribution in [0, 0.1) is 5.41 Å². The van der Waals surface area contributed by atoms with Crippen molar-refractivity contribution in [1.29, 1.82) is 0 Å². The largest absolute Gasteiger partial charge is 0.497 e. The summed E-state index contributed by atoms with van der Waals surface area (Å²) in [6, 6.07) is 7.47. The van der Waals surface area contributed by atoms with Gasteiger partial charge < -0.3 is 20.1 Å². The van der Waals surface area contributed by atoms with Gasteiger partial charge in [-0.05, 0) is 38.5 Å². The fraction of sp³-hybridized carbons (Fsp3) is 0.632. The van der Waals surface area contributed by atoms with Gasteiger partial charge in [-0.2, -0.15) is 0 Å². The highest BCUT2D eigenvalue weighted by Gasteiger charge is 2.53. The van der Waals surface area contributed by atoms with Crippen LogP contribution < -0.4 is 10.1 Å². The van der Waals surface area contributed by atoms with Crippen LogP contribution in [-0.2, 0) is 0 Å². The van der Waals surface area contributed by atoms with Crippen molar-refractivity contribution in [3.05, 3.63) is 29.8 Å². The molecule has 5 heteroatoms. The Hall–Kier alpha value is -1.75. The average molecular weight is 333 g/mol. The number of likely N-dealkylation sites (tertiary alicyclic amines) is 1. The van der Waals surface area contributed by atoms with E-state index in [1.807, 2.05) is 24.3 Å². The van der Waals surface area contributed by atoms with E-state index in [1.54, 1.807) is 7.11 Å². The van der Waals surface area contributed by atoms with Crippen LogP contribution in [0.25, 0.3) is 0 Å². The second-order valence-corrected chi connectivity index (χ2v) is 7.51. The van der Waals surface area contributed by atoms with Crippen molar-refractivity contribution in [3.63, 3.8) is 0 Å². The van der Waals surface area contributed by atoms with Crippen molar-refractivity contribution in [2.24, 2.45) is 10.4 Å². The van der Waals surface area contributed by atoms with Crippen molar-refractivity contribution in [3.8, 4) is 5.75 Å². The molecule has 1 atom stereocenters. The SMILES string of the molecule is CCNC(=NCC(O)c1ccc(OC)cc1)N1CC(C)(C)C1(C)C. The van der Waals surface area contributed by atoms with Crippen molar-refractivity contribution in [1.82, 2.24) is 10.2 Å². The lowest BCUT2D eigenvalue weighted by Gasteiger charge is -2.62. The van der Waals surface area contributed by atoms with Gasteiger partial charge in [0.1, 0.15) is 5.75 Å². The number of nitrogens with zero attached hydrogens (tertiary/aromatic N) is 2. The molecule has 0 spiro atoms. The number of aliphatic imine (C=N–C) groups is 1. The number of nitrogens with one attached hydrogen (secondary N) is 1. The summed E-state index contributed by atoms with van der Waals surface area (Å²) in [5.41, 5.74) is 1.13. The topological polar surface area (TPSA) is 57.1 Å². The Kier molecular flexibility index (Phi) is 5.43. The number of rotatable bonds is 5. The van der Waals surface area contributed by atoms with Gasteiger partial charge in [0.15, 0.2) is 5.96 Å². The summed E-state index contributed by atoms with van der Waals surface area (Å²) >= 11 is 0. The summed E-state index contributed by atoms with van der Waals surface area (Å²) in [6.07, 6.45) is -0.623. The van der Waals surface area contributed by atoms with Crippen LogP contribution in [0.3, 0.4) is 0 Å². The minimum atomic E-state index is -0.623. The Morgan fingerprint density at radius 2 is 1.92 bits per heavy atom. The molecule has 0 bridgehead atoms. The molecule has 0 aromatic heterocycles. The molecular formula is C19H31N3O2. The van der Waals surface area contributed by atoms with Crippen molar-refractivity contribution in [2.45, 2.75) is 46.3 Å². The van der Waals surface area contributed by atoms with Crippen LogP contribution in [-0.4, -0.2) is 48.2 Å². The summed E-state index contributed by atoms with van der Waals surface area (Å²) in [7, 11) is 1.63. The zero-order valence-electron chi connectivity index (χ0n) is 15.8. The maximum absolute atomic E-state index is 10.4. The van der Waals surface area contributed by atoms with Gasteiger partial charge in [0.25, 0.3) is 0 Å². The van der Waals surface area contributed by atoms with Crippen LogP contribution in [0.15, 0.2) is 29.3 Å². The molecule has 2 N–H and O–H groups in total. The molecule has 0 aliphatic carbocycles. The van der Waals surface area contributed by atoms with Gasteiger partial charge in [-0.3, -0.25) is 4.99 Å². The molecule has 24 heavy (non-hydrogen) atoms. The summed E-state index contributed by atoms with van der Waals surface area (Å²) in [5, 5.41) is 13.8. The normalized spacial score (nSPS) is 20.3. The fourth-order valence-corrected chi connectivity index (χ4v) is 2.90. The van der Waals surface area contributed by atoms with Crippen molar-refractivity contribution >= 4 is 5.96 Å². The highest BCUT2D eigenvalue weighted by atomic mass is 16.5. The summed E-state index contributed by atoms with van der Waals surface area (Å²) in [6.45, 7) is 13.2. The third-order valence-corrected chi connectivity index (χ3v) is 5.39.